The minimum Gasteiger partial charge on any atom is -0.299 e. The fourth-order valence-electron chi connectivity index (χ4n) is 1.12. The molecule has 0 bridgehead atoms. The standard InChI is InChI=1S/C20H22O/c1-2-3-4-5-6-7-8-9-10-11-12-13-14-15-16-17-18-19-20-21/h2-20H,1H3. The number of hydrogen-bond acceptors (Lipinski definition) is 1. The molecule has 1 nitrogen and oxygen atoms in total. The summed E-state index contributed by atoms with van der Waals surface area (Å²) in [7, 11) is 0. The quantitative estimate of drug-likeness (QED) is 0.321. The van der Waals surface area contributed by atoms with Gasteiger partial charge >= 0.3 is 0 Å². The first kappa shape index (κ1) is 18.3. The lowest BCUT2D eigenvalue weighted by molar-refractivity contribution is -0.104. The third-order valence-corrected chi connectivity index (χ3v) is 2.05. The van der Waals surface area contributed by atoms with Crippen LogP contribution in [0.2, 0.25) is 0 Å². The van der Waals surface area contributed by atoms with Crippen LogP contribution in [0.15, 0.2) is 109 Å². The van der Waals surface area contributed by atoms with Crippen molar-refractivity contribution >= 4 is 6.29 Å². The van der Waals surface area contributed by atoms with Crippen molar-refractivity contribution in [2.45, 2.75) is 6.92 Å². The largest absolute Gasteiger partial charge is 0.299 e. The maximum atomic E-state index is 9.99. The van der Waals surface area contributed by atoms with E-state index in [0.29, 0.717) is 0 Å². The molecule has 0 aromatic heterocycles. The summed E-state index contributed by atoms with van der Waals surface area (Å²) in [5.41, 5.74) is 0. The normalized spacial score (nSPS) is 14.3. The lowest BCUT2D eigenvalue weighted by atomic mass is 10.3. The lowest BCUT2D eigenvalue weighted by Gasteiger charge is -1.75. The second kappa shape index (κ2) is 17.3. The fraction of sp³-hybridized carbons (Fsp3) is 0.0500. The molecule has 1 heteroatoms. The zero-order chi connectivity index (χ0) is 15.4. The van der Waals surface area contributed by atoms with Gasteiger partial charge in [-0.25, -0.2) is 0 Å². The molecule has 0 atom stereocenters. The minimum absolute atomic E-state index is 0.750. The van der Waals surface area contributed by atoms with E-state index in [2.05, 4.69) is 0 Å². The number of rotatable bonds is 9. The highest BCUT2D eigenvalue weighted by molar-refractivity contribution is 5.65. The molecule has 0 N–H and O–H groups in total. The van der Waals surface area contributed by atoms with E-state index in [4.69, 9.17) is 0 Å². The van der Waals surface area contributed by atoms with Crippen molar-refractivity contribution < 1.29 is 4.79 Å². The Morgan fingerprint density at radius 2 is 0.619 bits per heavy atom. The molecule has 0 amide bonds. The summed E-state index contributed by atoms with van der Waals surface area (Å²) in [6, 6.07) is 0. The fourth-order valence-corrected chi connectivity index (χ4v) is 1.12. The van der Waals surface area contributed by atoms with Gasteiger partial charge in [0.2, 0.25) is 0 Å². The van der Waals surface area contributed by atoms with E-state index >= 15 is 0 Å². The molecular formula is C20H22O. The molecule has 0 fully saturated rings. The van der Waals surface area contributed by atoms with Gasteiger partial charge in [-0.3, -0.25) is 4.79 Å². The van der Waals surface area contributed by atoms with Crippen LogP contribution < -0.4 is 0 Å². The first-order chi connectivity index (χ1) is 10.4. The summed E-state index contributed by atoms with van der Waals surface area (Å²) in [4.78, 5) is 9.99. The van der Waals surface area contributed by atoms with Crippen LogP contribution in [0.4, 0.5) is 0 Å². The second-order valence-corrected chi connectivity index (χ2v) is 3.74. The lowest BCUT2D eigenvalue weighted by Crippen LogP contribution is -1.56. The molecule has 0 aliphatic rings. The molecule has 0 aromatic carbocycles. The van der Waals surface area contributed by atoms with Gasteiger partial charge in [0, 0.05) is 0 Å². The molecule has 21 heavy (non-hydrogen) atoms. The average Bonchev–Trinajstić information content (AvgIpc) is 2.50. The Hall–Kier alpha value is -2.67. The van der Waals surface area contributed by atoms with Gasteiger partial charge in [0.05, 0.1) is 0 Å². The summed E-state index contributed by atoms with van der Waals surface area (Å²) < 4.78 is 0. The molecule has 0 saturated carbocycles. The minimum atomic E-state index is 0.750. The Labute approximate surface area is 128 Å². The summed E-state index contributed by atoms with van der Waals surface area (Å²) in [5.74, 6) is 0. The van der Waals surface area contributed by atoms with Gasteiger partial charge in [0.25, 0.3) is 0 Å². The molecule has 108 valence electrons. The Bertz CT molecular complexity index is 504. The summed E-state index contributed by atoms with van der Waals surface area (Å²) in [6.07, 6.45) is 35.0. The van der Waals surface area contributed by atoms with Gasteiger partial charge in [0.1, 0.15) is 6.29 Å². The van der Waals surface area contributed by atoms with E-state index in [0.717, 1.165) is 6.29 Å². The number of hydrogen-bond donors (Lipinski definition) is 0. The molecule has 0 aliphatic heterocycles. The van der Waals surface area contributed by atoms with Gasteiger partial charge in [0.15, 0.2) is 0 Å². The van der Waals surface area contributed by atoms with Crippen LogP contribution in [0.25, 0.3) is 0 Å². The van der Waals surface area contributed by atoms with Gasteiger partial charge in [-0.2, -0.15) is 0 Å². The number of aldehydes is 1. The highest BCUT2D eigenvalue weighted by atomic mass is 16.1. The maximum Gasteiger partial charge on any atom is 0.142 e. The van der Waals surface area contributed by atoms with Crippen LogP contribution in [0.3, 0.4) is 0 Å². The Kier molecular flexibility index (Phi) is 15.1. The van der Waals surface area contributed by atoms with E-state index in [1.807, 2.05) is 98.1 Å². The van der Waals surface area contributed by atoms with Gasteiger partial charge < -0.3 is 0 Å². The van der Waals surface area contributed by atoms with E-state index in [1.54, 1.807) is 12.2 Å². The predicted octanol–water partition coefficient (Wildman–Crippen LogP) is 5.21. The molecule has 0 aromatic rings. The number of allylic oxidation sites excluding steroid dienone is 18. The molecule has 0 aliphatic carbocycles. The molecule has 0 saturated heterocycles. The topological polar surface area (TPSA) is 17.1 Å². The predicted molar refractivity (Wildman–Crippen MR) is 94.0 cm³/mol. The Balaban J connectivity index is 3.87. The Morgan fingerprint density at radius 3 is 0.857 bits per heavy atom. The van der Waals surface area contributed by atoms with Crippen LogP contribution in [-0.4, -0.2) is 6.29 Å². The van der Waals surface area contributed by atoms with Crippen LogP contribution in [0.1, 0.15) is 6.92 Å². The van der Waals surface area contributed by atoms with E-state index in [9.17, 15) is 4.79 Å². The summed E-state index contributed by atoms with van der Waals surface area (Å²) in [5, 5.41) is 0. The van der Waals surface area contributed by atoms with E-state index < -0.39 is 0 Å². The maximum absolute atomic E-state index is 9.99. The highest BCUT2D eigenvalue weighted by Gasteiger charge is 1.65. The first-order valence-corrected chi connectivity index (χ1v) is 6.81. The molecule has 0 heterocycles. The SMILES string of the molecule is CC=CC=CC=CC=CC=CC=CC=CC=CC=CC=O. The number of carbonyl (C=O) groups is 1. The van der Waals surface area contributed by atoms with Crippen LogP contribution in [0.5, 0.6) is 0 Å². The summed E-state index contributed by atoms with van der Waals surface area (Å²) >= 11 is 0. The van der Waals surface area contributed by atoms with Gasteiger partial charge in [-0.15, -0.1) is 0 Å². The highest BCUT2D eigenvalue weighted by Crippen LogP contribution is 1.86. The van der Waals surface area contributed by atoms with Crippen molar-refractivity contribution in [1.29, 1.82) is 0 Å². The van der Waals surface area contributed by atoms with Crippen molar-refractivity contribution in [3.63, 3.8) is 0 Å². The van der Waals surface area contributed by atoms with Crippen molar-refractivity contribution in [2.75, 3.05) is 0 Å². The van der Waals surface area contributed by atoms with E-state index in [-0.39, 0.29) is 0 Å². The number of carbonyl (C=O) groups excluding carboxylic acids is 1. The van der Waals surface area contributed by atoms with Crippen molar-refractivity contribution in [2.24, 2.45) is 0 Å². The van der Waals surface area contributed by atoms with Crippen LogP contribution in [-0.2, 0) is 4.79 Å². The summed E-state index contributed by atoms with van der Waals surface area (Å²) in [6.45, 7) is 1.99. The van der Waals surface area contributed by atoms with Crippen molar-refractivity contribution in [3.8, 4) is 0 Å². The molecule has 0 unspecified atom stereocenters. The van der Waals surface area contributed by atoms with Gasteiger partial charge in [-0.05, 0) is 13.0 Å². The van der Waals surface area contributed by atoms with Crippen LogP contribution in [0, 0.1) is 0 Å². The molecule has 0 rings (SSSR count). The van der Waals surface area contributed by atoms with Crippen LogP contribution >= 0.6 is 0 Å². The first-order valence-electron chi connectivity index (χ1n) is 6.81. The van der Waals surface area contributed by atoms with Crippen molar-refractivity contribution in [1.82, 2.24) is 0 Å². The second-order valence-electron chi connectivity index (χ2n) is 3.74. The third-order valence-electron chi connectivity index (χ3n) is 2.05. The zero-order valence-electron chi connectivity index (χ0n) is 12.4. The zero-order valence-corrected chi connectivity index (χ0v) is 12.4. The molecular weight excluding hydrogens is 256 g/mol. The van der Waals surface area contributed by atoms with Gasteiger partial charge in [-0.1, -0.05) is 103 Å². The third kappa shape index (κ3) is 17.3. The van der Waals surface area contributed by atoms with E-state index in [1.165, 1.54) is 6.08 Å². The molecule has 0 spiro atoms. The van der Waals surface area contributed by atoms with Crippen molar-refractivity contribution in [3.05, 3.63) is 109 Å². The Morgan fingerprint density at radius 1 is 0.381 bits per heavy atom. The monoisotopic (exact) mass is 278 g/mol. The smallest absolute Gasteiger partial charge is 0.142 e. The molecule has 0 radical (unpaired) electrons. The average molecular weight is 278 g/mol.